The Bertz CT molecular complexity index is 490. The zero-order valence-electron chi connectivity index (χ0n) is 9.57. The van der Waals surface area contributed by atoms with Crippen molar-refractivity contribution in [3.05, 3.63) is 35.9 Å². The lowest BCUT2D eigenvalue weighted by atomic mass is 9.97. The Morgan fingerprint density at radius 1 is 1.24 bits per heavy atom. The van der Waals surface area contributed by atoms with Gasteiger partial charge >= 0.3 is 0 Å². The van der Waals surface area contributed by atoms with E-state index in [2.05, 4.69) is 22.3 Å². The molecule has 1 atom stereocenters. The highest BCUT2D eigenvalue weighted by Crippen LogP contribution is 2.29. The predicted octanol–water partition coefficient (Wildman–Crippen LogP) is 1.55. The Labute approximate surface area is 101 Å². The number of hydrogen-bond donors (Lipinski definition) is 1. The summed E-state index contributed by atoms with van der Waals surface area (Å²) in [5.41, 5.74) is 1.76. The van der Waals surface area contributed by atoms with Crippen molar-refractivity contribution in [2.75, 3.05) is 13.1 Å². The van der Waals surface area contributed by atoms with Crippen LogP contribution >= 0.6 is 0 Å². The average molecular weight is 226 g/mol. The van der Waals surface area contributed by atoms with Gasteiger partial charge in [-0.2, -0.15) is 0 Å². The van der Waals surface area contributed by atoms with E-state index in [-0.39, 0.29) is 5.60 Å². The molecule has 1 fully saturated rings. The van der Waals surface area contributed by atoms with Gasteiger partial charge in [0, 0.05) is 24.9 Å². The third-order valence-corrected chi connectivity index (χ3v) is 3.17. The summed E-state index contributed by atoms with van der Waals surface area (Å²) in [6.07, 6.45) is 1.85. The molecule has 0 saturated carbocycles. The van der Waals surface area contributed by atoms with Crippen LogP contribution < -0.4 is 5.32 Å². The molecule has 1 spiro atoms. The minimum atomic E-state index is -0.110. The summed E-state index contributed by atoms with van der Waals surface area (Å²) in [5.74, 6) is 6.21. The van der Waals surface area contributed by atoms with Gasteiger partial charge in [-0.15, -0.1) is 0 Å². The summed E-state index contributed by atoms with van der Waals surface area (Å²) < 4.78 is 0. The molecule has 1 unspecified atom stereocenters. The molecular formula is C14H14N2O. The van der Waals surface area contributed by atoms with Crippen molar-refractivity contribution in [2.45, 2.75) is 18.4 Å². The molecule has 1 aromatic carbocycles. The molecule has 0 bridgehead atoms. The Morgan fingerprint density at radius 3 is 2.88 bits per heavy atom. The van der Waals surface area contributed by atoms with Crippen molar-refractivity contribution in [1.82, 2.24) is 5.32 Å². The van der Waals surface area contributed by atoms with Crippen molar-refractivity contribution < 1.29 is 4.84 Å². The van der Waals surface area contributed by atoms with Crippen molar-refractivity contribution >= 4 is 5.71 Å². The van der Waals surface area contributed by atoms with Crippen LogP contribution in [0.25, 0.3) is 0 Å². The fourth-order valence-electron chi connectivity index (χ4n) is 2.20. The number of nitrogens with one attached hydrogen (secondary N) is 1. The van der Waals surface area contributed by atoms with Crippen molar-refractivity contribution in [3.63, 3.8) is 0 Å². The maximum absolute atomic E-state index is 5.53. The summed E-state index contributed by atoms with van der Waals surface area (Å²) in [6.45, 7) is 1.89. The fraction of sp³-hybridized carbons (Fsp3) is 0.357. The van der Waals surface area contributed by atoms with Crippen LogP contribution in [0.5, 0.6) is 0 Å². The lowest BCUT2D eigenvalue weighted by Gasteiger charge is -2.17. The van der Waals surface area contributed by atoms with Gasteiger partial charge in [0.25, 0.3) is 0 Å². The van der Waals surface area contributed by atoms with Crippen molar-refractivity contribution in [3.8, 4) is 11.8 Å². The van der Waals surface area contributed by atoms with Crippen LogP contribution in [0.2, 0.25) is 0 Å². The molecule has 3 nitrogen and oxygen atoms in total. The Balaban J connectivity index is 1.70. The average Bonchev–Trinajstić information content (AvgIpc) is 2.99. The number of rotatable bonds is 0. The first-order chi connectivity index (χ1) is 8.36. The van der Waals surface area contributed by atoms with E-state index in [9.17, 15) is 0 Å². The van der Waals surface area contributed by atoms with Crippen LogP contribution in [-0.2, 0) is 4.84 Å². The fourth-order valence-corrected chi connectivity index (χ4v) is 2.20. The normalized spacial score (nSPS) is 26.2. The lowest BCUT2D eigenvalue weighted by molar-refractivity contribution is -0.00190. The smallest absolute Gasteiger partial charge is 0.157 e. The van der Waals surface area contributed by atoms with E-state index < -0.39 is 0 Å². The second-order valence-corrected chi connectivity index (χ2v) is 4.53. The number of nitrogens with zero attached hydrogens (tertiary/aromatic N) is 1. The molecule has 86 valence electrons. The van der Waals surface area contributed by atoms with Crippen molar-refractivity contribution in [2.24, 2.45) is 5.16 Å². The Kier molecular flexibility index (Phi) is 2.58. The molecule has 0 amide bonds. The van der Waals surface area contributed by atoms with Crippen LogP contribution in [-0.4, -0.2) is 24.4 Å². The van der Waals surface area contributed by atoms with Gasteiger partial charge in [-0.25, -0.2) is 0 Å². The molecule has 0 aliphatic carbocycles. The van der Waals surface area contributed by atoms with E-state index in [1.165, 1.54) is 0 Å². The Hall–Kier alpha value is -1.79. The number of hydrogen-bond acceptors (Lipinski definition) is 3. The van der Waals surface area contributed by atoms with E-state index in [1.807, 2.05) is 30.3 Å². The highest BCUT2D eigenvalue weighted by Gasteiger charge is 2.41. The minimum absolute atomic E-state index is 0.110. The highest BCUT2D eigenvalue weighted by molar-refractivity contribution is 6.01. The number of benzene rings is 1. The van der Waals surface area contributed by atoms with Crippen molar-refractivity contribution in [1.29, 1.82) is 0 Å². The SMILES string of the molecule is C(#Cc1ccccc1)C1=NOC2(CCNC2)C1. The maximum Gasteiger partial charge on any atom is 0.157 e. The van der Waals surface area contributed by atoms with Gasteiger partial charge in [0.05, 0.1) is 0 Å². The van der Waals surface area contributed by atoms with Gasteiger partial charge in [0.2, 0.25) is 0 Å². The molecule has 0 radical (unpaired) electrons. The summed E-state index contributed by atoms with van der Waals surface area (Å²) >= 11 is 0. The van der Waals surface area contributed by atoms with Gasteiger partial charge in [0.15, 0.2) is 5.60 Å². The van der Waals surface area contributed by atoms with Crippen LogP contribution in [0.1, 0.15) is 18.4 Å². The summed E-state index contributed by atoms with van der Waals surface area (Å²) in [4.78, 5) is 5.53. The first-order valence-electron chi connectivity index (χ1n) is 5.89. The molecule has 17 heavy (non-hydrogen) atoms. The maximum atomic E-state index is 5.53. The molecule has 3 rings (SSSR count). The third-order valence-electron chi connectivity index (χ3n) is 3.17. The van der Waals surface area contributed by atoms with E-state index in [0.29, 0.717) is 0 Å². The summed E-state index contributed by atoms with van der Waals surface area (Å²) in [6, 6.07) is 9.95. The molecule has 0 aromatic heterocycles. The van der Waals surface area contributed by atoms with Crippen LogP contribution in [0, 0.1) is 11.8 Å². The van der Waals surface area contributed by atoms with E-state index in [1.54, 1.807) is 0 Å². The molecule has 1 aromatic rings. The second-order valence-electron chi connectivity index (χ2n) is 4.53. The predicted molar refractivity (Wildman–Crippen MR) is 66.7 cm³/mol. The molecular weight excluding hydrogens is 212 g/mol. The lowest BCUT2D eigenvalue weighted by Crippen LogP contribution is -2.31. The standard InChI is InChI=1S/C14H14N2O/c1-2-4-12(5-3-1)6-7-13-10-14(17-16-13)8-9-15-11-14/h1-5,15H,8-11H2. The van der Waals surface area contributed by atoms with Crippen LogP contribution in [0.3, 0.4) is 0 Å². The third kappa shape index (κ3) is 2.17. The van der Waals surface area contributed by atoms with Crippen LogP contribution in [0.4, 0.5) is 0 Å². The highest BCUT2D eigenvalue weighted by atomic mass is 16.7. The molecule has 2 aliphatic heterocycles. The number of oxime groups is 1. The molecule has 1 N–H and O–H groups in total. The quantitative estimate of drug-likeness (QED) is 0.681. The monoisotopic (exact) mass is 226 g/mol. The molecule has 2 aliphatic rings. The van der Waals surface area contributed by atoms with Gasteiger partial charge in [0.1, 0.15) is 5.71 Å². The first kappa shape index (κ1) is 10.4. The molecule has 1 saturated heterocycles. The summed E-state index contributed by atoms with van der Waals surface area (Å²) in [5, 5.41) is 7.39. The van der Waals surface area contributed by atoms with E-state index >= 15 is 0 Å². The minimum Gasteiger partial charge on any atom is -0.387 e. The van der Waals surface area contributed by atoms with Gasteiger partial charge < -0.3 is 10.2 Å². The largest absolute Gasteiger partial charge is 0.387 e. The van der Waals surface area contributed by atoms with Gasteiger partial charge in [-0.3, -0.25) is 0 Å². The zero-order valence-corrected chi connectivity index (χ0v) is 9.57. The van der Waals surface area contributed by atoms with Gasteiger partial charge in [-0.1, -0.05) is 29.3 Å². The van der Waals surface area contributed by atoms with E-state index in [0.717, 1.165) is 37.2 Å². The van der Waals surface area contributed by atoms with E-state index in [4.69, 9.17) is 4.84 Å². The zero-order chi connectivity index (χ0) is 11.6. The Morgan fingerprint density at radius 2 is 2.12 bits per heavy atom. The van der Waals surface area contributed by atoms with Crippen LogP contribution in [0.15, 0.2) is 35.5 Å². The molecule has 2 heterocycles. The second kappa shape index (κ2) is 4.23. The topological polar surface area (TPSA) is 33.6 Å². The first-order valence-corrected chi connectivity index (χ1v) is 5.89. The summed E-state index contributed by atoms with van der Waals surface area (Å²) in [7, 11) is 0. The molecule has 3 heteroatoms. The van der Waals surface area contributed by atoms with Gasteiger partial charge in [-0.05, 0) is 24.6 Å².